The number of phenolic OH excluding ortho intramolecular Hbond substituents is 3. The zero-order valence-corrected chi connectivity index (χ0v) is 18.7. The average molecular weight is 443 g/mol. The zero-order chi connectivity index (χ0) is 23.8. The number of aromatic hydroxyl groups is 3. The van der Waals surface area contributed by atoms with E-state index in [0.29, 0.717) is 5.56 Å². The Balaban J connectivity index is 2.16. The lowest BCUT2D eigenvalue weighted by Gasteiger charge is -2.31. The van der Waals surface area contributed by atoms with E-state index in [-0.39, 0.29) is 64.7 Å². The number of aliphatic hydroxyl groups excluding tert-OH is 1. The van der Waals surface area contributed by atoms with Crippen molar-refractivity contribution in [3.05, 3.63) is 58.2 Å². The first-order valence-electron chi connectivity index (χ1n) is 10.5. The van der Waals surface area contributed by atoms with Crippen molar-refractivity contribution in [3.63, 3.8) is 0 Å². The number of hydrogen-bond donors (Lipinski definition) is 5. The summed E-state index contributed by atoms with van der Waals surface area (Å²) in [7, 11) is 0. The molecular weight excluding hydrogens is 412 g/mol. The van der Waals surface area contributed by atoms with Crippen LogP contribution in [0.4, 0.5) is 0 Å². The number of carbonyl (C=O) groups is 1. The Hall–Kier alpha value is -3.03. The maximum atomic E-state index is 13.1. The minimum absolute atomic E-state index is 0.00132. The summed E-state index contributed by atoms with van der Waals surface area (Å²) >= 11 is 0. The topological polar surface area (TPSA) is 127 Å². The summed E-state index contributed by atoms with van der Waals surface area (Å²) in [5.41, 5.74) is 0.432. The van der Waals surface area contributed by atoms with Crippen LogP contribution in [0.3, 0.4) is 0 Å². The highest BCUT2D eigenvalue weighted by atomic mass is 16.5. The van der Waals surface area contributed by atoms with E-state index < -0.39 is 17.8 Å². The van der Waals surface area contributed by atoms with E-state index in [0.717, 1.165) is 5.57 Å². The maximum absolute atomic E-state index is 13.1. The van der Waals surface area contributed by atoms with Crippen LogP contribution in [0.1, 0.15) is 67.3 Å². The molecule has 1 heterocycles. The molecule has 7 heteroatoms. The van der Waals surface area contributed by atoms with E-state index in [1.54, 1.807) is 12.1 Å². The molecule has 172 valence electrons. The lowest BCUT2D eigenvalue weighted by Crippen LogP contribution is -2.37. The Labute approximate surface area is 187 Å². The highest BCUT2D eigenvalue weighted by Crippen LogP contribution is 2.49. The summed E-state index contributed by atoms with van der Waals surface area (Å²) in [5.74, 6) is -0.908. The lowest BCUT2D eigenvalue weighted by molar-refractivity contribution is -0.0474. The smallest absolute Gasteiger partial charge is 0.174 e. The van der Waals surface area contributed by atoms with Crippen molar-refractivity contribution in [1.29, 1.82) is 0 Å². The van der Waals surface area contributed by atoms with Gasteiger partial charge in [-0.15, -0.1) is 0 Å². The molecule has 2 atom stereocenters. The number of hydrogen-bond acceptors (Lipinski definition) is 7. The molecule has 5 N–H and O–H groups in total. The van der Waals surface area contributed by atoms with Crippen molar-refractivity contribution in [2.24, 2.45) is 0 Å². The van der Waals surface area contributed by atoms with Crippen LogP contribution in [0.2, 0.25) is 0 Å². The van der Waals surface area contributed by atoms with Crippen LogP contribution >= 0.6 is 0 Å². The van der Waals surface area contributed by atoms with Gasteiger partial charge in [0.1, 0.15) is 34.7 Å². The van der Waals surface area contributed by atoms with Gasteiger partial charge in [0.2, 0.25) is 0 Å². The van der Waals surface area contributed by atoms with Crippen LogP contribution in [0.25, 0.3) is 0 Å². The van der Waals surface area contributed by atoms with Crippen molar-refractivity contribution >= 4 is 5.78 Å². The average Bonchev–Trinajstić information content (AvgIpc) is 2.69. The van der Waals surface area contributed by atoms with Crippen LogP contribution in [-0.2, 0) is 12.8 Å². The van der Waals surface area contributed by atoms with Gasteiger partial charge < -0.3 is 30.3 Å². The molecule has 0 aliphatic carbocycles. The second kappa shape index (κ2) is 8.84. The summed E-state index contributed by atoms with van der Waals surface area (Å²) in [6, 6.07) is 6.23. The van der Waals surface area contributed by atoms with Crippen molar-refractivity contribution in [2.75, 3.05) is 0 Å². The Morgan fingerprint density at radius 1 is 1.12 bits per heavy atom. The predicted molar refractivity (Wildman–Crippen MR) is 119 cm³/mol. The monoisotopic (exact) mass is 442 g/mol. The third-order valence-corrected chi connectivity index (χ3v) is 5.70. The number of aliphatic hydroxyl groups is 2. The molecule has 1 aliphatic rings. The van der Waals surface area contributed by atoms with Gasteiger partial charge in [0.25, 0.3) is 0 Å². The van der Waals surface area contributed by atoms with Crippen molar-refractivity contribution in [1.82, 2.24) is 0 Å². The first kappa shape index (κ1) is 23.6. The van der Waals surface area contributed by atoms with Gasteiger partial charge in [-0.25, -0.2) is 0 Å². The van der Waals surface area contributed by atoms with Gasteiger partial charge in [-0.3, -0.25) is 4.79 Å². The summed E-state index contributed by atoms with van der Waals surface area (Å²) < 4.78 is 6.08. The lowest BCUT2D eigenvalue weighted by atomic mass is 9.86. The predicted octanol–water partition coefficient (Wildman–Crippen LogP) is 3.69. The van der Waals surface area contributed by atoms with Crippen LogP contribution in [0.5, 0.6) is 23.0 Å². The van der Waals surface area contributed by atoms with Crippen molar-refractivity contribution in [2.45, 2.75) is 64.8 Å². The SMILES string of the molecule is CC(C)=CCc1c(O)c(C[C@H](O)C(C)(C)O)c2c(c1O)C(=O)C[C@@H](c1ccc(O)cc1)O2. The quantitative estimate of drug-likeness (QED) is 0.432. The molecule has 0 radical (unpaired) electrons. The van der Waals surface area contributed by atoms with Gasteiger partial charge >= 0.3 is 0 Å². The molecule has 1 aliphatic heterocycles. The summed E-state index contributed by atoms with van der Waals surface area (Å²) in [6.45, 7) is 6.64. The fourth-order valence-electron chi connectivity index (χ4n) is 3.66. The van der Waals surface area contributed by atoms with E-state index >= 15 is 0 Å². The van der Waals surface area contributed by atoms with Gasteiger partial charge in [0.05, 0.1) is 18.1 Å². The standard InChI is InChI=1S/C25H30O7/c1-13(2)5-10-16-22(29)17(11-20(28)25(3,4)31)24-21(23(16)30)18(27)12-19(32-24)14-6-8-15(26)9-7-14/h5-9,19-20,26,28-31H,10-12H2,1-4H3/t19-,20-/m0/s1. The molecule has 3 rings (SSSR count). The zero-order valence-electron chi connectivity index (χ0n) is 18.7. The largest absolute Gasteiger partial charge is 0.508 e. The molecule has 2 aromatic carbocycles. The summed E-state index contributed by atoms with van der Waals surface area (Å²) in [4.78, 5) is 13.1. The molecule has 0 aromatic heterocycles. The molecule has 0 spiro atoms. The highest BCUT2D eigenvalue weighted by molar-refractivity contribution is 6.04. The van der Waals surface area contributed by atoms with Gasteiger partial charge in [-0.05, 0) is 51.8 Å². The summed E-state index contributed by atoms with van der Waals surface area (Å²) in [5, 5.41) is 52.2. The fourth-order valence-corrected chi connectivity index (χ4v) is 3.66. The number of carbonyl (C=O) groups excluding carboxylic acids is 1. The first-order valence-corrected chi connectivity index (χ1v) is 10.5. The first-order chi connectivity index (χ1) is 14.9. The van der Waals surface area contributed by atoms with Gasteiger partial charge in [0.15, 0.2) is 5.78 Å². The molecule has 32 heavy (non-hydrogen) atoms. The van der Waals surface area contributed by atoms with Gasteiger partial charge in [-0.2, -0.15) is 0 Å². The molecule has 0 unspecified atom stereocenters. The molecule has 0 saturated heterocycles. The minimum Gasteiger partial charge on any atom is -0.508 e. The Morgan fingerprint density at radius 3 is 2.31 bits per heavy atom. The van der Waals surface area contributed by atoms with Gasteiger partial charge in [-0.1, -0.05) is 23.8 Å². The second-order valence-corrected chi connectivity index (χ2v) is 9.04. The molecule has 0 saturated carbocycles. The number of allylic oxidation sites excluding steroid dienone is 2. The Bertz CT molecular complexity index is 1040. The Kier molecular flexibility index (Phi) is 6.53. The van der Waals surface area contributed by atoms with Crippen molar-refractivity contribution in [3.8, 4) is 23.0 Å². The molecule has 7 nitrogen and oxygen atoms in total. The minimum atomic E-state index is -1.47. The molecule has 2 aromatic rings. The second-order valence-electron chi connectivity index (χ2n) is 9.04. The Morgan fingerprint density at radius 2 is 1.75 bits per heavy atom. The molecule has 0 bridgehead atoms. The molecular formula is C25H30O7. The third kappa shape index (κ3) is 4.74. The number of ether oxygens (including phenoxy) is 1. The van der Waals surface area contributed by atoms with E-state index in [1.807, 2.05) is 19.9 Å². The van der Waals surface area contributed by atoms with E-state index in [4.69, 9.17) is 4.74 Å². The molecule has 0 amide bonds. The van der Waals surface area contributed by atoms with Crippen LogP contribution in [-0.4, -0.2) is 43.0 Å². The number of fused-ring (bicyclic) bond motifs is 1. The maximum Gasteiger partial charge on any atom is 0.174 e. The third-order valence-electron chi connectivity index (χ3n) is 5.70. The van der Waals surface area contributed by atoms with Crippen molar-refractivity contribution < 1.29 is 35.1 Å². The van der Waals surface area contributed by atoms with E-state index in [2.05, 4.69) is 0 Å². The normalized spacial score (nSPS) is 16.8. The van der Waals surface area contributed by atoms with Crippen LogP contribution in [0, 0.1) is 0 Å². The number of phenols is 3. The highest BCUT2D eigenvalue weighted by Gasteiger charge is 2.37. The van der Waals surface area contributed by atoms with Crippen LogP contribution in [0.15, 0.2) is 35.9 Å². The number of rotatable bonds is 6. The van der Waals surface area contributed by atoms with Crippen LogP contribution < -0.4 is 4.74 Å². The fraction of sp³-hybridized carbons (Fsp3) is 0.400. The van der Waals surface area contributed by atoms with E-state index in [1.165, 1.54) is 26.0 Å². The van der Waals surface area contributed by atoms with E-state index in [9.17, 15) is 30.3 Å². The molecule has 0 fully saturated rings. The summed E-state index contributed by atoms with van der Waals surface area (Å²) in [6.07, 6.45) is -0.179. The number of ketones is 1. The number of benzene rings is 2. The number of Topliss-reactive ketones (excluding diaryl/α,β-unsaturated/α-hetero) is 1. The van der Waals surface area contributed by atoms with Gasteiger partial charge in [0, 0.05) is 17.5 Å².